The van der Waals surface area contributed by atoms with Gasteiger partial charge in [0.05, 0.1) is 12.2 Å². The number of nitrogens with one attached hydrogen (secondary N) is 1. The Kier molecular flexibility index (Phi) is 4.37. The maximum Gasteiger partial charge on any atom is 0.413 e. The highest BCUT2D eigenvalue weighted by Crippen LogP contribution is 2.23. The molecule has 2 rings (SSSR count). The first kappa shape index (κ1) is 14.5. The number of anilines is 1. The molecule has 7 nitrogen and oxygen atoms in total. The molecule has 0 spiro atoms. The first-order valence-electron chi connectivity index (χ1n) is 6.22. The van der Waals surface area contributed by atoms with Crippen LogP contribution >= 0.6 is 11.6 Å². The van der Waals surface area contributed by atoms with Gasteiger partial charge in [-0.3, -0.25) is 4.90 Å². The number of hydrogen-bond donors (Lipinski definition) is 2. The molecule has 0 aliphatic carbocycles. The van der Waals surface area contributed by atoms with Crippen molar-refractivity contribution in [2.75, 3.05) is 11.4 Å². The van der Waals surface area contributed by atoms with Crippen LogP contribution in [0.25, 0.3) is 0 Å². The zero-order valence-corrected chi connectivity index (χ0v) is 11.6. The van der Waals surface area contributed by atoms with E-state index in [1.165, 1.54) is 6.20 Å². The van der Waals surface area contributed by atoms with Crippen molar-refractivity contribution in [1.29, 1.82) is 5.26 Å². The Bertz CT molecular complexity index is 559. The Morgan fingerprint density at radius 3 is 3.00 bits per heavy atom. The maximum absolute atomic E-state index is 11.5. The van der Waals surface area contributed by atoms with Crippen LogP contribution in [0.2, 0.25) is 5.15 Å². The third-order valence-corrected chi connectivity index (χ3v) is 3.59. The van der Waals surface area contributed by atoms with Crippen LogP contribution in [0.4, 0.5) is 10.6 Å². The summed E-state index contributed by atoms with van der Waals surface area (Å²) in [5, 5.41) is 21.4. The molecule has 2 heterocycles. The predicted octanol–water partition coefficient (Wildman–Crippen LogP) is 1.63. The van der Waals surface area contributed by atoms with Gasteiger partial charge in [0.1, 0.15) is 6.07 Å². The molecule has 1 fully saturated rings. The zero-order valence-electron chi connectivity index (χ0n) is 10.9. The van der Waals surface area contributed by atoms with Crippen LogP contribution in [-0.4, -0.2) is 39.8 Å². The van der Waals surface area contributed by atoms with Crippen LogP contribution in [0.1, 0.15) is 25.5 Å². The zero-order chi connectivity index (χ0) is 14.7. The molecule has 106 valence electrons. The summed E-state index contributed by atoms with van der Waals surface area (Å²) in [5.74, 6) is 0.141. The monoisotopic (exact) mass is 295 g/mol. The van der Waals surface area contributed by atoms with Crippen molar-refractivity contribution >= 4 is 23.5 Å². The molecule has 0 radical (unpaired) electrons. The Morgan fingerprint density at radius 2 is 2.45 bits per heavy atom. The van der Waals surface area contributed by atoms with Crippen molar-refractivity contribution in [3.63, 3.8) is 0 Å². The summed E-state index contributed by atoms with van der Waals surface area (Å²) in [7, 11) is 0. The number of halogens is 1. The summed E-state index contributed by atoms with van der Waals surface area (Å²) in [5.41, 5.74) is -0.0180. The number of carbonyl (C=O) groups is 1. The predicted molar refractivity (Wildman–Crippen MR) is 72.7 cm³/mol. The lowest BCUT2D eigenvalue weighted by molar-refractivity contribution is 0.193. The van der Waals surface area contributed by atoms with Crippen LogP contribution in [-0.2, 0) is 0 Å². The van der Waals surface area contributed by atoms with Crippen LogP contribution in [0.3, 0.4) is 0 Å². The number of hydrogen-bond acceptors (Lipinski definition) is 5. The molecular weight excluding hydrogens is 282 g/mol. The van der Waals surface area contributed by atoms with E-state index in [0.717, 1.165) is 24.3 Å². The van der Waals surface area contributed by atoms with Gasteiger partial charge >= 0.3 is 6.09 Å². The molecule has 2 atom stereocenters. The summed E-state index contributed by atoms with van der Waals surface area (Å²) >= 11 is 5.82. The fraction of sp³-hybridized carbons (Fsp3) is 0.500. The highest BCUT2D eigenvalue weighted by molar-refractivity contribution is 6.30. The molecule has 1 aromatic heterocycles. The SMILES string of the molecule is C[C@H]1NCCC[C@H]1N(C(=O)O)c1cnc(C#N)c(Cl)n1. The molecule has 20 heavy (non-hydrogen) atoms. The topological polar surface area (TPSA) is 102 Å². The van der Waals surface area contributed by atoms with Crippen molar-refractivity contribution in [2.45, 2.75) is 31.8 Å². The van der Waals surface area contributed by atoms with Gasteiger partial charge in [-0.25, -0.2) is 14.8 Å². The van der Waals surface area contributed by atoms with Gasteiger partial charge in [0, 0.05) is 6.04 Å². The van der Waals surface area contributed by atoms with Crippen LogP contribution in [0.5, 0.6) is 0 Å². The van der Waals surface area contributed by atoms with Gasteiger partial charge < -0.3 is 10.4 Å². The van der Waals surface area contributed by atoms with Gasteiger partial charge in [-0.2, -0.15) is 5.26 Å². The number of carboxylic acid groups (broad SMARTS) is 1. The Hall–Kier alpha value is -1.91. The molecule has 0 unspecified atom stereocenters. The normalized spacial score (nSPS) is 22.1. The minimum atomic E-state index is -1.11. The fourth-order valence-electron chi connectivity index (χ4n) is 2.34. The van der Waals surface area contributed by atoms with Crippen molar-refractivity contribution in [3.05, 3.63) is 17.0 Å². The number of amides is 1. The van der Waals surface area contributed by atoms with Crippen molar-refractivity contribution in [3.8, 4) is 6.07 Å². The third-order valence-electron chi connectivity index (χ3n) is 3.33. The summed E-state index contributed by atoms with van der Waals surface area (Å²) in [6.45, 7) is 2.80. The molecule has 8 heteroatoms. The molecule has 0 bridgehead atoms. The van der Waals surface area contributed by atoms with Gasteiger partial charge in [-0.05, 0) is 26.3 Å². The van der Waals surface area contributed by atoms with E-state index >= 15 is 0 Å². The van der Waals surface area contributed by atoms with E-state index in [9.17, 15) is 9.90 Å². The molecule has 0 saturated carbocycles. The molecule has 1 aromatic rings. The number of nitrogens with zero attached hydrogens (tertiary/aromatic N) is 4. The van der Waals surface area contributed by atoms with E-state index < -0.39 is 6.09 Å². The highest BCUT2D eigenvalue weighted by Gasteiger charge is 2.32. The van der Waals surface area contributed by atoms with Gasteiger partial charge in [-0.15, -0.1) is 0 Å². The second kappa shape index (κ2) is 6.03. The summed E-state index contributed by atoms with van der Waals surface area (Å²) in [6, 6.07) is 1.57. The van der Waals surface area contributed by atoms with Crippen LogP contribution in [0.15, 0.2) is 6.20 Å². The molecular formula is C12H14ClN5O2. The average molecular weight is 296 g/mol. The second-order valence-electron chi connectivity index (χ2n) is 4.58. The molecule has 1 amide bonds. The molecule has 1 aliphatic rings. The lowest BCUT2D eigenvalue weighted by Crippen LogP contribution is -2.54. The number of aromatic nitrogens is 2. The van der Waals surface area contributed by atoms with E-state index in [1.54, 1.807) is 6.07 Å². The second-order valence-corrected chi connectivity index (χ2v) is 4.94. The maximum atomic E-state index is 11.5. The van der Waals surface area contributed by atoms with Gasteiger partial charge in [-0.1, -0.05) is 11.6 Å². The third kappa shape index (κ3) is 2.81. The van der Waals surface area contributed by atoms with Gasteiger partial charge in [0.25, 0.3) is 0 Å². The van der Waals surface area contributed by atoms with E-state index in [1.807, 2.05) is 6.92 Å². The van der Waals surface area contributed by atoms with Crippen molar-refractivity contribution in [1.82, 2.24) is 15.3 Å². The largest absolute Gasteiger partial charge is 0.465 e. The quantitative estimate of drug-likeness (QED) is 0.859. The standard InChI is InChI=1S/C12H14ClN5O2/c1-7-9(3-2-4-15-7)18(12(19)20)10-6-16-8(5-14)11(13)17-10/h6-7,9,15H,2-4H2,1H3,(H,19,20)/t7-,9-/m1/s1. The molecule has 0 aromatic carbocycles. The average Bonchev–Trinajstić information content (AvgIpc) is 2.41. The van der Waals surface area contributed by atoms with Crippen molar-refractivity contribution in [2.24, 2.45) is 0 Å². The first-order valence-corrected chi connectivity index (χ1v) is 6.60. The Labute approximate surface area is 121 Å². The minimum absolute atomic E-state index is 0.0102. The minimum Gasteiger partial charge on any atom is -0.465 e. The molecule has 1 aliphatic heterocycles. The number of rotatable bonds is 2. The fourth-order valence-corrected chi connectivity index (χ4v) is 2.52. The summed E-state index contributed by atoms with van der Waals surface area (Å²) in [6.07, 6.45) is 1.77. The number of piperidine rings is 1. The smallest absolute Gasteiger partial charge is 0.413 e. The van der Waals surface area contributed by atoms with E-state index in [0.29, 0.717) is 0 Å². The molecule has 1 saturated heterocycles. The lowest BCUT2D eigenvalue weighted by Gasteiger charge is -2.36. The van der Waals surface area contributed by atoms with E-state index in [2.05, 4.69) is 15.3 Å². The van der Waals surface area contributed by atoms with Gasteiger partial charge in [0.2, 0.25) is 0 Å². The Morgan fingerprint density at radius 1 is 1.70 bits per heavy atom. The van der Waals surface area contributed by atoms with Crippen LogP contribution in [0, 0.1) is 11.3 Å². The van der Waals surface area contributed by atoms with E-state index in [4.69, 9.17) is 16.9 Å². The van der Waals surface area contributed by atoms with E-state index in [-0.39, 0.29) is 28.7 Å². The Balaban J connectivity index is 2.36. The molecule has 2 N–H and O–H groups in total. The lowest BCUT2D eigenvalue weighted by atomic mass is 9.98. The number of nitriles is 1. The van der Waals surface area contributed by atoms with Crippen LogP contribution < -0.4 is 10.2 Å². The van der Waals surface area contributed by atoms with Gasteiger partial charge in [0.15, 0.2) is 16.7 Å². The summed E-state index contributed by atoms with van der Waals surface area (Å²) in [4.78, 5) is 20.5. The first-order chi connectivity index (χ1) is 9.54. The van der Waals surface area contributed by atoms with Crippen molar-refractivity contribution < 1.29 is 9.90 Å². The highest BCUT2D eigenvalue weighted by atomic mass is 35.5. The summed E-state index contributed by atoms with van der Waals surface area (Å²) < 4.78 is 0.